The number of rotatable bonds is 3. The molecule has 0 radical (unpaired) electrons. The lowest BCUT2D eigenvalue weighted by Gasteiger charge is -2.17. The summed E-state index contributed by atoms with van der Waals surface area (Å²) in [6, 6.07) is 5.95. The second kappa shape index (κ2) is 6.03. The summed E-state index contributed by atoms with van der Waals surface area (Å²) in [5, 5.41) is 1.42. The predicted molar refractivity (Wildman–Crippen MR) is 93.3 cm³/mol. The summed E-state index contributed by atoms with van der Waals surface area (Å²) in [5.74, 6) is 0.985. The number of anilines is 1. The number of thiazole rings is 1. The molecule has 118 valence electrons. The summed E-state index contributed by atoms with van der Waals surface area (Å²) in [6.07, 6.45) is 4.93. The van der Waals surface area contributed by atoms with Crippen LogP contribution in [0.25, 0.3) is 20.8 Å². The van der Waals surface area contributed by atoms with Crippen molar-refractivity contribution in [2.75, 3.05) is 25.1 Å². The highest BCUT2D eigenvalue weighted by Gasteiger charge is 2.23. The summed E-state index contributed by atoms with van der Waals surface area (Å²) in [5.41, 5.74) is 1.87. The third kappa shape index (κ3) is 2.89. The molecule has 0 amide bonds. The highest BCUT2D eigenvalue weighted by atomic mass is 35.5. The lowest BCUT2D eigenvalue weighted by molar-refractivity contribution is 0.121. The fourth-order valence-corrected chi connectivity index (χ4v) is 3.95. The van der Waals surface area contributed by atoms with E-state index in [1.807, 2.05) is 18.3 Å². The number of hydrogen-bond donors (Lipinski definition) is 0. The quantitative estimate of drug-likeness (QED) is 0.678. The van der Waals surface area contributed by atoms with Crippen LogP contribution in [0.5, 0.6) is 0 Å². The summed E-state index contributed by atoms with van der Waals surface area (Å²) in [6.45, 7) is 1.88. The van der Waals surface area contributed by atoms with Gasteiger partial charge < -0.3 is 9.64 Å². The van der Waals surface area contributed by atoms with Gasteiger partial charge >= 0.3 is 0 Å². The van der Waals surface area contributed by atoms with Crippen molar-refractivity contribution < 1.29 is 4.74 Å². The first-order valence-electron chi connectivity index (χ1n) is 7.39. The Kier molecular flexibility index (Phi) is 3.88. The molecule has 1 aliphatic rings. The van der Waals surface area contributed by atoms with Gasteiger partial charge in [-0.05, 0) is 24.6 Å². The summed E-state index contributed by atoms with van der Waals surface area (Å²) in [7, 11) is 1.76. The molecule has 0 bridgehead atoms. The van der Waals surface area contributed by atoms with Gasteiger partial charge in [-0.25, -0.2) is 15.0 Å². The number of fused-ring (bicyclic) bond motifs is 1. The van der Waals surface area contributed by atoms with E-state index in [0.717, 1.165) is 46.1 Å². The average Bonchev–Trinajstić information content (AvgIpc) is 3.21. The minimum atomic E-state index is 0.304. The van der Waals surface area contributed by atoms with Gasteiger partial charge in [-0.3, -0.25) is 0 Å². The Labute approximate surface area is 142 Å². The van der Waals surface area contributed by atoms with Gasteiger partial charge in [-0.1, -0.05) is 11.6 Å². The topological polar surface area (TPSA) is 51.1 Å². The SMILES string of the molecule is CO[C@@H]1CCN(c2ccc(-c3nc4cnc(Cl)cc4s3)cn2)C1. The molecule has 0 unspecified atom stereocenters. The van der Waals surface area contributed by atoms with E-state index in [1.165, 1.54) is 0 Å². The van der Waals surface area contributed by atoms with E-state index in [0.29, 0.717) is 11.3 Å². The molecular weight excluding hydrogens is 332 g/mol. The maximum atomic E-state index is 5.93. The molecule has 0 spiro atoms. The highest BCUT2D eigenvalue weighted by molar-refractivity contribution is 7.21. The number of methoxy groups -OCH3 is 1. The molecule has 23 heavy (non-hydrogen) atoms. The standard InChI is InChI=1S/C16H15ClN4OS/c1-22-11-4-5-21(9-11)15-3-2-10(7-19-15)16-20-12-8-18-14(17)6-13(12)23-16/h2-3,6-8,11H,4-5,9H2,1H3/t11-/m1/s1. The fraction of sp³-hybridized carbons (Fsp3) is 0.312. The Balaban J connectivity index is 1.59. The lowest BCUT2D eigenvalue weighted by atomic mass is 10.3. The molecule has 0 aliphatic carbocycles. The average molecular weight is 347 g/mol. The fourth-order valence-electron chi connectivity index (χ4n) is 2.76. The van der Waals surface area contributed by atoms with Gasteiger partial charge in [-0.2, -0.15) is 0 Å². The molecular formula is C16H15ClN4OS. The predicted octanol–water partition coefficient (Wildman–Crippen LogP) is 3.63. The zero-order valence-corrected chi connectivity index (χ0v) is 14.1. The van der Waals surface area contributed by atoms with Crippen molar-refractivity contribution in [3.05, 3.63) is 35.7 Å². The smallest absolute Gasteiger partial charge is 0.130 e. The summed E-state index contributed by atoms with van der Waals surface area (Å²) < 4.78 is 6.44. The largest absolute Gasteiger partial charge is 0.380 e. The number of nitrogens with zero attached hydrogens (tertiary/aromatic N) is 4. The molecule has 4 rings (SSSR count). The molecule has 0 saturated carbocycles. The minimum Gasteiger partial charge on any atom is -0.380 e. The first-order chi connectivity index (χ1) is 11.2. The van der Waals surface area contributed by atoms with E-state index >= 15 is 0 Å². The van der Waals surface area contributed by atoms with Crippen molar-refractivity contribution in [2.45, 2.75) is 12.5 Å². The number of ether oxygens (including phenoxy) is 1. The van der Waals surface area contributed by atoms with Gasteiger partial charge in [0.1, 0.15) is 21.5 Å². The Morgan fingerprint density at radius 3 is 2.96 bits per heavy atom. The normalized spacial score (nSPS) is 18.0. The van der Waals surface area contributed by atoms with Crippen LogP contribution < -0.4 is 4.90 Å². The molecule has 1 fully saturated rings. The van der Waals surface area contributed by atoms with Crippen LogP contribution in [0.15, 0.2) is 30.6 Å². The van der Waals surface area contributed by atoms with E-state index in [1.54, 1.807) is 24.6 Å². The molecule has 5 nitrogen and oxygen atoms in total. The second-order valence-electron chi connectivity index (χ2n) is 5.49. The molecule has 7 heteroatoms. The third-order valence-corrected chi connectivity index (χ3v) is 5.31. The van der Waals surface area contributed by atoms with Crippen LogP contribution in [0.4, 0.5) is 5.82 Å². The van der Waals surface area contributed by atoms with Gasteiger partial charge in [0.25, 0.3) is 0 Å². The maximum Gasteiger partial charge on any atom is 0.130 e. The Morgan fingerprint density at radius 1 is 1.30 bits per heavy atom. The van der Waals surface area contributed by atoms with Crippen molar-refractivity contribution in [2.24, 2.45) is 0 Å². The molecule has 1 saturated heterocycles. The van der Waals surface area contributed by atoms with Gasteiger partial charge in [-0.15, -0.1) is 11.3 Å². The Morgan fingerprint density at radius 2 is 2.22 bits per heavy atom. The third-order valence-electron chi connectivity index (χ3n) is 4.04. The first kappa shape index (κ1) is 14.8. The zero-order valence-electron chi connectivity index (χ0n) is 12.6. The van der Waals surface area contributed by atoms with Crippen LogP contribution in [0, 0.1) is 0 Å². The van der Waals surface area contributed by atoms with Crippen LogP contribution in [0.2, 0.25) is 5.15 Å². The maximum absolute atomic E-state index is 5.93. The molecule has 0 N–H and O–H groups in total. The van der Waals surface area contributed by atoms with Gasteiger partial charge in [0.2, 0.25) is 0 Å². The summed E-state index contributed by atoms with van der Waals surface area (Å²) >= 11 is 7.53. The van der Waals surface area contributed by atoms with E-state index in [9.17, 15) is 0 Å². The monoisotopic (exact) mass is 346 g/mol. The minimum absolute atomic E-state index is 0.304. The Hall–Kier alpha value is -1.76. The van der Waals surface area contributed by atoms with Gasteiger partial charge in [0.15, 0.2) is 0 Å². The van der Waals surface area contributed by atoms with E-state index in [2.05, 4.69) is 25.9 Å². The van der Waals surface area contributed by atoms with Crippen molar-refractivity contribution in [1.29, 1.82) is 0 Å². The Bertz CT molecular complexity index is 836. The highest BCUT2D eigenvalue weighted by Crippen LogP contribution is 2.31. The lowest BCUT2D eigenvalue weighted by Crippen LogP contribution is -2.22. The van der Waals surface area contributed by atoms with Crippen molar-refractivity contribution in [1.82, 2.24) is 15.0 Å². The van der Waals surface area contributed by atoms with E-state index in [4.69, 9.17) is 16.3 Å². The molecule has 3 aromatic heterocycles. The zero-order chi connectivity index (χ0) is 15.8. The second-order valence-corrected chi connectivity index (χ2v) is 6.91. The number of halogens is 1. The van der Waals surface area contributed by atoms with E-state index < -0.39 is 0 Å². The van der Waals surface area contributed by atoms with Gasteiger partial charge in [0.05, 0.1) is 17.0 Å². The van der Waals surface area contributed by atoms with Crippen molar-refractivity contribution in [3.8, 4) is 10.6 Å². The van der Waals surface area contributed by atoms with Crippen LogP contribution >= 0.6 is 22.9 Å². The van der Waals surface area contributed by atoms with Crippen LogP contribution in [0.1, 0.15) is 6.42 Å². The number of aromatic nitrogens is 3. The van der Waals surface area contributed by atoms with Crippen LogP contribution in [-0.2, 0) is 4.74 Å². The molecule has 4 heterocycles. The number of pyridine rings is 2. The summed E-state index contributed by atoms with van der Waals surface area (Å²) in [4.78, 5) is 15.5. The van der Waals surface area contributed by atoms with Crippen LogP contribution in [-0.4, -0.2) is 41.3 Å². The van der Waals surface area contributed by atoms with Crippen molar-refractivity contribution in [3.63, 3.8) is 0 Å². The van der Waals surface area contributed by atoms with Gasteiger partial charge in [0, 0.05) is 32.0 Å². The number of hydrogen-bond acceptors (Lipinski definition) is 6. The molecule has 3 aromatic rings. The molecule has 0 aromatic carbocycles. The molecule has 1 aliphatic heterocycles. The first-order valence-corrected chi connectivity index (χ1v) is 8.58. The van der Waals surface area contributed by atoms with Crippen molar-refractivity contribution >= 4 is 39.0 Å². The molecule has 1 atom stereocenters. The van der Waals surface area contributed by atoms with Crippen LogP contribution in [0.3, 0.4) is 0 Å². The van der Waals surface area contributed by atoms with E-state index in [-0.39, 0.29) is 0 Å².